The van der Waals surface area contributed by atoms with Gasteiger partial charge in [-0.15, -0.1) is 0 Å². The first-order valence-electron chi connectivity index (χ1n) is 10.3. The van der Waals surface area contributed by atoms with Crippen LogP contribution in [0.25, 0.3) is 0 Å². The number of ether oxygens (including phenoxy) is 3. The number of hydrogen-bond acceptors (Lipinski definition) is 6. The van der Waals surface area contributed by atoms with Gasteiger partial charge in [-0.1, -0.05) is 12.1 Å². The fraction of sp³-hybridized carbons (Fsp3) is 0.292. The molecule has 0 N–H and O–H groups in total. The van der Waals surface area contributed by atoms with Crippen LogP contribution in [-0.4, -0.2) is 34.6 Å². The van der Waals surface area contributed by atoms with Gasteiger partial charge in [-0.3, -0.25) is 14.9 Å². The summed E-state index contributed by atoms with van der Waals surface area (Å²) in [7, 11) is 0. The molecule has 2 heterocycles. The molecule has 0 aliphatic carbocycles. The van der Waals surface area contributed by atoms with Crippen molar-refractivity contribution < 1.29 is 23.9 Å². The second kappa shape index (κ2) is 8.74. The van der Waals surface area contributed by atoms with E-state index in [0.29, 0.717) is 35.8 Å². The maximum absolute atomic E-state index is 12.8. The second-order valence-electron chi connectivity index (χ2n) is 7.81. The molecule has 0 amide bonds. The van der Waals surface area contributed by atoms with Gasteiger partial charge in [0.1, 0.15) is 12.4 Å². The van der Waals surface area contributed by atoms with Crippen LogP contribution in [0.5, 0.6) is 17.2 Å². The van der Waals surface area contributed by atoms with Crippen LogP contribution in [0, 0.1) is 30.9 Å². The minimum absolute atomic E-state index is 0.0174. The predicted octanol–water partition coefficient (Wildman–Crippen LogP) is 4.42. The highest BCUT2D eigenvalue weighted by atomic mass is 16.6. The Morgan fingerprint density at radius 3 is 2.62 bits per heavy atom. The third-order valence-electron chi connectivity index (χ3n) is 5.56. The van der Waals surface area contributed by atoms with E-state index >= 15 is 0 Å². The summed E-state index contributed by atoms with van der Waals surface area (Å²) < 4.78 is 19.5. The Morgan fingerprint density at radius 1 is 1.16 bits per heavy atom. The van der Waals surface area contributed by atoms with Crippen LogP contribution in [0.2, 0.25) is 0 Å². The van der Waals surface area contributed by atoms with Crippen LogP contribution in [0.1, 0.15) is 27.3 Å². The van der Waals surface area contributed by atoms with E-state index in [2.05, 4.69) is 0 Å². The zero-order chi connectivity index (χ0) is 22.8. The van der Waals surface area contributed by atoms with Crippen molar-refractivity contribution in [2.75, 3.05) is 13.2 Å². The SMILES string of the molecule is Cc1cc(OCC(=O)c2cc(C)n(CC3COc4ccccc4O3)c2C)ccc1[N+](=O)[O-]. The van der Waals surface area contributed by atoms with Crippen molar-refractivity contribution in [3.63, 3.8) is 0 Å². The van der Waals surface area contributed by atoms with Gasteiger partial charge in [-0.25, -0.2) is 0 Å². The number of carbonyl (C=O) groups is 1. The standard InChI is InChI=1S/C24H24N2O6/c1-15-10-18(8-9-21(15)26(28)29)30-14-22(27)20-11-16(2)25(17(20)3)12-19-13-31-23-6-4-5-7-24(23)32-19/h4-11,19H,12-14H2,1-3H3. The summed E-state index contributed by atoms with van der Waals surface area (Å²) in [5, 5.41) is 11.0. The quantitative estimate of drug-likeness (QED) is 0.309. The van der Waals surface area contributed by atoms with Crippen LogP contribution >= 0.6 is 0 Å². The third-order valence-corrected chi connectivity index (χ3v) is 5.56. The van der Waals surface area contributed by atoms with Gasteiger partial charge in [0.2, 0.25) is 5.78 Å². The average Bonchev–Trinajstić information content (AvgIpc) is 3.05. The molecule has 1 unspecified atom stereocenters. The summed E-state index contributed by atoms with van der Waals surface area (Å²) in [4.78, 5) is 23.3. The zero-order valence-electron chi connectivity index (χ0n) is 18.2. The normalized spacial score (nSPS) is 14.8. The van der Waals surface area contributed by atoms with Crippen molar-refractivity contribution in [1.82, 2.24) is 4.57 Å². The van der Waals surface area contributed by atoms with Gasteiger partial charge in [0.15, 0.2) is 24.2 Å². The molecule has 2 aromatic carbocycles. The molecule has 0 spiro atoms. The van der Waals surface area contributed by atoms with Gasteiger partial charge < -0.3 is 18.8 Å². The highest BCUT2D eigenvalue weighted by Gasteiger charge is 2.24. The summed E-state index contributed by atoms with van der Waals surface area (Å²) in [6.45, 7) is 6.31. The molecule has 0 saturated heterocycles. The molecule has 0 fully saturated rings. The summed E-state index contributed by atoms with van der Waals surface area (Å²) in [5.41, 5.74) is 2.86. The summed E-state index contributed by atoms with van der Waals surface area (Å²) >= 11 is 0. The number of Topliss-reactive ketones (excluding diaryl/α,β-unsaturated/α-hetero) is 1. The Hall–Kier alpha value is -3.81. The van der Waals surface area contributed by atoms with Crippen LogP contribution in [-0.2, 0) is 6.54 Å². The molecular formula is C24H24N2O6. The van der Waals surface area contributed by atoms with Crippen LogP contribution < -0.4 is 14.2 Å². The van der Waals surface area contributed by atoms with E-state index in [1.165, 1.54) is 12.1 Å². The number of carbonyl (C=O) groups excluding carboxylic acids is 1. The number of nitro benzene ring substituents is 1. The molecule has 4 rings (SSSR count). The molecule has 1 aromatic heterocycles. The lowest BCUT2D eigenvalue weighted by molar-refractivity contribution is -0.385. The minimum atomic E-state index is -0.446. The number of para-hydroxylation sites is 2. The molecule has 32 heavy (non-hydrogen) atoms. The number of ketones is 1. The molecular weight excluding hydrogens is 412 g/mol. The van der Waals surface area contributed by atoms with Gasteiger partial charge in [0.25, 0.3) is 5.69 Å². The van der Waals surface area contributed by atoms with Crippen molar-refractivity contribution in [2.24, 2.45) is 0 Å². The summed E-state index contributed by atoms with van der Waals surface area (Å²) in [6.07, 6.45) is -0.169. The van der Waals surface area contributed by atoms with Crippen LogP contribution in [0.3, 0.4) is 0 Å². The first kappa shape index (κ1) is 21.4. The van der Waals surface area contributed by atoms with E-state index in [0.717, 1.165) is 17.1 Å². The van der Waals surface area contributed by atoms with E-state index in [1.54, 1.807) is 13.0 Å². The molecule has 0 saturated carbocycles. The summed E-state index contributed by atoms with van der Waals surface area (Å²) in [6, 6.07) is 13.8. The largest absolute Gasteiger partial charge is 0.486 e. The lowest BCUT2D eigenvalue weighted by Crippen LogP contribution is -2.33. The van der Waals surface area contributed by atoms with Crippen LogP contribution in [0.4, 0.5) is 5.69 Å². The number of nitro groups is 1. The Balaban J connectivity index is 1.43. The van der Waals surface area contributed by atoms with E-state index in [-0.39, 0.29) is 24.2 Å². The highest BCUT2D eigenvalue weighted by Crippen LogP contribution is 2.31. The van der Waals surface area contributed by atoms with E-state index in [4.69, 9.17) is 14.2 Å². The Bertz CT molecular complexity index is 1180. The van der Waals surface area contributed by atoms with Crippen molar-refractivity contribution in [3.05, 3.63) is 81.2 Å². The first-order chi connectivity index (χ1) is 15.3. The maximum atomic E-state index is 12.8. The fourth-order valence-corrected chi connectivity index (χ4v) is 3.87. The van der Waals surface area contributed by atoms with Crippen LogP contribution in [0.15, 0.2) is 48.5 Å². The number of aromatic nitrogens is 1. The van der Waals surface area contributed by atoms with Gasteiger partial charge in [0.05, 0.1) is 11.5 Å². The maximum Gasteiger partial charge on any atom is 0.272 e. The second-order valence-corrected chi connectivity index (χ2v) is 7.81. The van der Waals surface area contributed by atoms with Crippen molar-refractivity contribution in [2.45, 2.75) is 33.4 Å². The smallest absolute Gasteiger partial charge is 0.272 e. The molecule has 8 nitrogen and oxygen atoms in total. The van der Waals surface area contributed by atoms with Gasteiger partial charge >= 0.3 is 0 Å². The Morgan fingerprint density at radius 2 is 1.91 bits per heavy atom. The average molecular weight is 436 g/mol. The van der Waals surface area contributed by atoms with Crippen molar-refractivity contribution >= 4 is 11.5 Å². The number of hydrogen-bond donors (Lipinski definition) is 0. The molecule has 1 atom stereocenters. The molecule has 0 radical (unpaired) electrons. The lowest BCUT2D eigenvalue weighted by atomic mass is 10.1. The summed E-state index contributed by atoms with van der Waals surface area (Å²) in [5.74, 6) is 1.71. The molecule has 3 aromatic rings. The lowest BCUT2D eigenvalue weighted by Gasteiger charge is -2.27. The number of benzene rings is 2. The first-order valence-corrected chi connectivity index (χ1v) is 10.3. The zero-order valence-corrected chi connectivity index (χ0v) is 18.2. The highest BCUT2D eigenvalue weighted by molar-refractivity contribution is 5.98. The molecule has 0 bridgehead atoms. The van der Waals surface area contributed by atoms with Gasteiger partial charge in [0, 0.05) is 28.6 Å². The Kier molecular flexibility index (Phi) is 5.85. The van der Waals surface area contributed by atoms with Gasteiger partial charge in [-0.2, -0.15) is 0 Å². The molecule has 1 aliphatic rings. The number of rotatable bonds is 7. The van der Waals surface area contributed by atoms with Crippen molar-refractivity contribution in [3.8, 4) is 17.2 Å². The number of fused-ring (bicyclic) bond motifs is 1. The third kappa shape index (κ3) is 4.30. The van der Waals surface area contributed by atoms with E-state index < -0.39 is 4.92 Å². The molecule has 1 aliphatic heterocycles. The van der Waals surface area contributed by atoms with E-state index in [9.17, 15) is 14.9 Å². The topological polar surface area (TPSA) is 92.8 Å². The predicted molar refractivity (Wildman–Crippen MR) is 118 cm³/mol. The number of nitrogens with zero attached hydrogens (tertiary/aromatic N) is 2. The van der Waals surface area contributed by atoms with Gasteiger partial charge in [-0.05, 0) is 51.1 Å². The molecule has 166 valence electrons. The molecule has 8 heteroatoms. The monoisotopic (exact) mass is 436 g/mol. The Labute approximate surface area is 185 Å². The van der Waals surface area contributed by atoms with Crippen molar-refractivity contribution in [1.29, 1.82) is 0 Å². The number of aryl methyl sites for hydroxylation is 2. The van der Waals surface area contributed by atoms with E-state index in [1.807, 2.05) is 48.7 Å². The minimum Gasteiger partial charge on any atom is -0.486 e. The fourth-order valence-electron chi connectivity index (χ4n) is 3.87.